The highest BCUT2D eigenvalue weighted by atomic mass is 16.5. The van der Waals surface area contributed by atoms with E-state index in [-0.39, 0.29) is 29.2 Å². The molecule has 0 aromatic heterocycles. The number of carbonyl (C=O) groups is 2. The number of hydrogen-bond acceptors (Lipinski definition) is 4. The fourth-order valence-electron chi connectivity index (χ4n) is 5.56. The summed E-state index contributed by atoms with van der Waals surface area (Å²) in [6.45, 7) is 14.7. The van der Waals surface area contributed by atoms with Crippen molar-refractivity contribution in [3.8, 4) is 0 Å². The third-order valence-electron chi connectivity index (χ3n) is 6.86. The zero-order chi connectivity index (χ0) is 21.3. The van der Waals surface area contributed by atoms with Crippen LogP contribution in [-0.4, -0.2) is 24.5 Å². The van der Waals surface area contributed by atoms with E-state index in [9.17, 15) is 9.59 Å². The maximum atomic E-state index is 11.9. The summed E-state index contributed by atoms with van der Waals surface area (Å²) >= 11 is 0. The summed E-state index contributed by atoms with van der Waals surface area (Å²) in [6.07, 6.45) is 8.56. The Morgan fingerprint density at radius 3 is 2.62 bits per heavy atom. The van der Waals surface area contributed by atoms with Crippen molar-refractivity contribution in [2.45, 2.75) is 66.4 Å². The summed E-state index contributed by atoms with van der Waals surface area (Å²) in [5, 5.41) is 0. The van der Waals surface area contributed by atoms with Gasteiger partial charge in [0, 0.05) is 18.4 Å². The fourth-order valence-corrected chi connectivity index (χ4v) is 5.56. The predicted molar refractivity (Wildman–Crippen MR) is 114 cm³/mol. The first-order chi connectivity index (χ1) is 13.6. The zero-order valence-electron chi connectivity index (χ0n) is 18.4. The van der Waals surface area contributed by atoms with Crippen molar-refractivity contribution in [3.63, 3.8) is 0 Å². The molecule has 0 radical (unpaired) electrons. The predicted octanol–water partition coefficient (Wildman–Crippen LogP) is 5.31. The molecule has 2 aliphatic carbocycles. The van der Waals surface area contributed by atoms with Crippen LogP contribution in [0.2, 0.25) is 0 Å². The average Bonchev–Trinajstić information content (AvgIpc) is 2.99. The van der Waals surface area contributed by atoms with Gasteiger partial charge >= 0.3 is 5.97 Å². The molecule has 0 saturated heterocycles. The number of Topliss-reactive ketones (excluding diaryl/α,β-unsaturated/α-hetero) is 1. The molecule has 0 unspecified atom stereocenters. The number of hydrogen-bond donors (Lipinski definition) is 0. The van der Waals surface area contributed by atoms with Gasteiger partial charge in [-0.1, -0.05) is 24.6 Å². The molecule has 1 saturated carbocycles. The van der Waals surface area contributed by atoms with Crippen molar-refractivity contribution in [1.29, 1.82) is 0 Å². The molecule has 158 valence electrons. The number of ether oxygens (including phenoxy) is 2. The highest BCUT2D eigenvalue weighted by molar-refractivity contribution is 5.83. The lowest BCUT2D eigenvalue weighted by Crippen LogP contribution is -2.44. The molecule has 0 spiro atoms. The Labute approximate surface area is 174 Å². The monoisotopic (exact) mass is 398 g/mol. The van der Waals surface area contributed by atoms with Crippen LogP contribution < -0.4 is 0 Å². The van der Waals surface area contributed by atoms with E-state index in [1.807, 2.05) is 19.9 Å². The Hall–Kier alpha value is -1.94. The number of carbonyl (C=O) groups excluding carboxylic acids is 2. The first-order valence-electron chi connectivity index (χ1n) is 10.6. The molecule has 0 amide bonds. The van der Waals surface area contributed by atoms with Crippen molar-refractivity contribution in [2.75, 3.05) is 6.61 Å². The molecule has 3 rings (SSSR count). The highest BCUT2D eigenvalue weighted by Gasteiger charge is 2.52. The maximum absolute atomic E-state index is 11.9. The Morgan fingerprint density at radius 2 is 2.00 bits per heavy atom. The van der Waals surface area contributed by atoms with Gasteiger partial charge in [-0.05, 0) is 81.4 Å². The number of rotatable bonds is 6. The second kappa shape index (κ2) is 8.43. The molecule has 1 heterocycles. The Kier molecular flexibility index (Phi) is 6.33. The highest BCUT2D eigenvalue weighted by Crippen LogP contribution is 2.60. The first kappa shape index (κ1) is 21.8. The van der Waals surface area contributed by atoms with Crippen LogP contribution in [0.25, 0.3) is 0 Å². The van der Waals surface area contributed by atoms with Gasteiger partial charge in [0.1, 0.15) is 5.78 Å². The molecule has 5 atom stereocenters. The van der Waals surface area contributed by atoms with E-state index in [0.717, 1.165) is 24.8 Å². The van der Waals surface area contributed by atoms with Gasteiger partial charge in [-0.15, -0.1) is 0 Å². The minimum atomic E-state index is -0.358. The SMILES string of the molecule is C=C(C)[C@H]1CC[C@@]2(C)C[C@@H]1C1=C([C@H](CC(C)=O)OC1)[C@@H]2/C=C/OC(=O)C=C(C)C. The molecule has 0 aromatic rings. The Balaban J connectivity index is 1.96. The number of ketones is 1. The van der Waals surface area contributed by atoms with E-state index in [1.165, 1.54) is 29.1 Å². The van der Waals surface area contributed by atoms with Crippen LogP contribution in [0.15, 0.2) is 47.3 Å². The standard InChI is InChI=1S/C25H34O4/c1-15(2)11-23(27)28-10-8-21-24-20(14-29-22(24)12-17(5)26)19-13-25(21,6)9-7-18(19)16(3)4/h8,10-11,18-19,21-22H,3,7,9,12-14H2,1-2,4-6H3/b10-8+/t18-,19+,21+,22+,25+/m1/s1. The van der Waals surface area contributed by atoms with Gasteiger partial charge < -0.3 is 9.47 Å². The lowest BCUT2D eigenvalue weighted by molar-refractivity contribution is -0.132. The minimum absolute atomic E-state index is 0.0671. The quantitative estimate of drug-likeness (QED) is 0.263. The molecular formula is C25H34O4. The second-order valence-corrected chi connectivity index (χ2v) is 9.61. The van der Waals surface area contributed by atoms with Crippen molar-refractivity contribution in [3.05, 3.63) is 47.3 Å². The van der Waals surface area contributed by atoms with E-state index in [0.29, 0.717) is 24.9 Å². The maximum Gasteiger partial charge on any atom is 0.335 e. The molecular weight excluding hydrogens is 364 g/mol. The van der Waals surface area contributed by atoms with E-state index in [1.54, 1.807) is 6.92 Å². The lowest BCUT2D eigenvalue weighted by atomic mass is 9.52. The summed E-state index contributed by atoms with van der Waals surface area (Å²) in [6, 6.07) is 0. The molecule has 4 heteroatoms. The van der Waals surface area contributed by atoms with Gasteiger partial charge in [-0.2, -0.15) is 0 Å². The normalized spacial score (nSPS) is 33.4. The van der Waals surface area contributed by atoms with Crippen LogP contribution in [0.1, 0.15) is 60.3 Å². The van der Waals surface area contributed by atoms with Crippen LogP contribution in [0, 0.1) is 23.2 Å². The molecule has 1 fully saturated rings. The van der Waals surface area contributed by atoms with Gasteiger partial charge in [0.25, 0.3) is 0 Å². The van der Waals surface area contributed by atoms with Gasteiger partial charge in [0.2, 0.25) is 0 Å². The second-order valence-electron chi connectivity index (χ2n) is 9.61. The number of esters is 1. The minimum Gasteiger partial charge on any atom is -0.432 e. The van der Waals surface area contributed by atoms with Gasteiger partial charge in [0.15, 0.2) is 0 Å². The smallest absolute Gasteiger partial charge is 0.335 e. The topological polar surface area (TPSA) is 52.6 Å². The van der Waals surface area contributed by atoms with Gasteiger partial charge in [-0.3, -0.25) is 4.79 Å². The summed E-state index contributed by atoms with van der Waals surface area (Å²) in [5.41, 5.74) is 4.82. The molecule has 2 bridgehead atoms. The van der Waals surface area contributed by atoms with E-state index >= 15 is 0 Å². The Morgan fingerprint density at radius 1 is 1.28 bits per heavy atom. The van der Waals surface area contributed by atoms with Crippen molar-refractivity contribution >= 4 is 11.8 Å². The molecule has 4 nitrogen and oxygen atoms in total. The average molecular weight is 399 g/mol. The molecule has 3 aliphatic rings. The third kappa shape index (κ3) is 4.48. The number of allylic oxidation sites excluding steroid dienone is 3. The Bertz CT molecular complexity index is 796. The van der Waals surface area contributed by atoms with Gasteiger partial charge in [0.05, 0.1) is 19.0 Å². The zero-order valence-corrected chi connectivity index (χ0v) is 18.4. The van der Waals surface area contributed by atoms with Crippen molar-refractivity contribution in [2.24, 2.45) is 23.2 Å². The molecule has 0 aromatic carbocycles. The van der Waals surface area contributed by atoms with E-state index in [2.05, 4.69) is 20.4 Å². The molecule has 1 aliphatic heterocycles. The summed E-state index contributed by atoms with van der Waals surface area (Å²) in [5.74, 6) is 0.817. The number of fused-ring (bicyclic) bond motifs is 3. The van der Waals surface area contributed by atoms with Crippen molar-refractivity contribution < 1.29 is 19.1 Å². The van der Waals surface area contributed by atoms with Crippen LogP contribution in [0.4, 0.5) is 0 Å². The summed E-state index contributed by atoms with van der Waals surface area (Å²) < 4.78 is 11.4. The van der Waals surface area contributed by atoms with E-state index in [4.69, 9.17) is 9.47 Å². The van der Waals surface area contributed by atoms with Crippen molar-refractivity contribution in [1.82, 2.24) is 0 Å². The van der Waals surface area contributed by atoms with Crippen LogP contribution in [0.5, 0.6) is 0 Å². The summed E-state index contributed by atoms with van der Waals surface area (Å²) in [7, 11) is 0. The molecule has 29 heavy (non-hydrogen) atoms. The lowest BCUT2D eigenvalue weighted by Gasteiger charge is -2.52. The van der Waals surface area contributed by atoms with E-state index < -0.39 is 0 Å². The third-order valence-corrected chi connectivity index (χ3v) is 6.86. The molecule has 0 N–H and O–H groups in total. The fraction of sp³-hybridized carbons (Fsp3) is 0.600. The van der Waals surface area contributed by atoms with Gasteiger partial charge in [-0.25, -0.2) is 4.79 Å². The largest absolute Gasteiger partial charge is 0.432 e. The first-order valence-corrected chi connectivity index (χ1v) is 10.6. The summed E-state index contributed by atoms with van der Waals surface area (Å²) in [4.78, 5) is 23.8. The van der Waals surface area contributed by atoms with Crippen LogP contribution in [-0.2, 0) is 19.1 Å². The van der Waals surface area contributed by atoms with Crippen LogP contribution in [0.3, 0.4) is 0 Å². The van der Waals surface area contributed by atoms with Crippen LogP contribution >= 0.6 is 0 Å².